The van der Waals surface area contributed by atoms with Crippen molar-refractivity contribution in [3.8, 4) is 6.07 Å². The van der Waals surface area contributed by atoms with Crippen molar-refractivity contribution in [3.05, 3.63) is 51.8 Å². The van der Waals surface area contributed by atoms with Crippen LogP contribution < -0.4 is 10.7 Å². The minimum absolute atomic E-state index is 0.249. The lowest BCUT2D eigenvalue weighted by atomic mass is 10.1. The van der Waals surface area contributed by atoms with Crippen LogP contribution in [0, 0.1) is 11.3 Å². The number of fused-ring (bicyclic) bond motifs is 3. The number of nitrogens with one attached hydrogen (secondary N) is 1. The highest BCUT2D eigenvalue weighted by atomic mass is 32.2. The van der Waals surface area contributed by atoms with E-state index in [-0.39, 0.29) is 11.3 Å². The molecule has 0 radical (unpaired) electrons. The van der Waals surface area contributed by atoms with E-state index in [1.54, 1.807) is 6.07 Å². The van der Waals surface area contributed by atoms with Crippen LogP contribution in [0.3, 0.4) is 0 Å². The van der Waals surface area contributed by atoms with Crippen LogP contribution in [0.4, 0.5) is 0 Å². The van der Waals surface area contributed by atoms with Gasteiger partial charge in [0, 0.05) is 17.1 Å². The Hall–Kier alpha value is -2.72. The van der Waals surface area contributed by atoms with E-state index in [9.17, 15) is 20.0 Å². The van der Waals surface area contributed by atoms with Gasteiger partial charge in [0.05, 0.1) is 22.6 Å². The van der Waals surface area contributed by atoms with Gasteiger partial charge in [-0.25, -0.2) is 0 Å². The van der Waals surface area contributed by atoms with Crippen LogP contribution >= 0.6 is 11.8 Å². The zero-order chi connectivity index (χ0) is 16.6. The molecular weight excluding hydrogens is 314 g/mol. The lowest BCUT2D eigenvalue weighted by molar-refractivity contribution is -0.304. The fourth-order valence-corrected chi connectivity index (χ4v) is 3.23. The van der Waals surface area contributed by atoms with Gasteiger partial charge in [-0.15, -0.1) is 11.8 Å². The van der Waals surface area contributed by atoms with Crippen molar-refractivity contribution < 1.29 is 9.90 Å². The fourth-order valence-electron chi connectivity index (χ4n) is 2.44. The van der Waals surface area contributed by atoms with E-state index < -0.39 is 11.2 Å². The summed E-state index contributed by atoms with van der Waals surface area (Å²) in [6, 6.07) is 10.8. The summed E-state index contributed by atoms with van der Waals surface area (Å²) >= 11 is 1.12. The number of hydrogen-bond acceptors (Lipinski definition) is 5. The smallest absolute Gasteiger partial charge is 0.257 e. The monoisotopic (exact) mass is 326 g/mol. The molecule has 116 valence electrons. The third-order valence-corrected chi connectivity index (χ3v) is 4.80. The summed E-state index contributed by atoms with van der Waals surface area (Å²) in [4.78, 5) is 26.3. The first-order chi connectivity index (χ1) is 11.0. The minimum Gasteiger partial charge on any atom is -0.549 e. The molecule has 0 amide bonds. The number of aliphatic carboxylic acids is 1. The third-order valence-electron chi connectivity index (χ3n) is 3.63. The van der Waals surface area contributed by atoms with Crippen molar-refractivity contribution in [2.75, 3.05) is 0 Å². The number of carbonyl (C=O) groups excluding carboxylic acids is 1. The Balaban J connectivity index is 2.17. The van der Waals surface area contributed by atoms with E-state index >= 15 is 0 Å². The Kier molecular flexibility index (Phi) is 3.84. The van der Waals surface area contributed by atoms with E-state index in [2.05, 4.69) is 11.1 Å². The highest BCUT2D eigenvalue weighted by Gasteiger charge is 2.15. The standard InChI is InChI=1S/C16H13N3O3S/c1-9(16(21)22)23-8-10-6-14(20)19-13-5-3-2-4-12(13)18-15(19)11(10)7-17/h2-6,9,18H,8H2,1H3,(H,21,22)/p-1/t9-/m1/s1. The molecule has 7 heteroatoms. The topological polar surface area (TPSA) is 101 Å². The number of aromatic nitrogens is 2. The Morgan fingerprint density at radius 3 is 2.91 bits per heavy atom. The lowest BCUT2D eigenvalue weighted by Crippen LogP contribution is -2.31. The first kappa shape index (κ1) is 15.2. The zero-order valence-electron chi connectivity index (χ0n) is 12.2. The lowest BCUT2D eigenvalue weighted by Gasteiger charge is -2.12. The normalized spacial score (nSPS) is 12.3. The number of imidazole rings is 1. The molecule has 2 aromatic heterocycles. The van der Waals surface area contributed by atoms with Crippen molar-refractivity contribution in [1.29, 1.82) is 5.26 Å². The van der Waals surface area contributed by atoms with Gasteiger partial charge >= 0.3 is 0 Å². The van der Waals surface area contributed by atoms with Crippen molar-refractivity contribution >= 4 is 34.4 Å². The predicted octanol–water partition coefficient (Wildman–Crippen LogP) is 1.02. The van der Waals surface area contributed by atoms with Gasteiger partial charge in [0.2, 0.25) is 0 Å². The molecule has 0 unspecified atom stereocenters. The molecule has 0 aliphatic rings. The molecule has 0 spiro atoms. The van der Waals surface area contributed by atoms with E-state index in [4.69, 9.17) is 0 Å². The molecule has 3 aromatic rings. The summed E-state index contributed by atoms with van der Waals surface area (Å²) in [7, 11) is 0. The number of carbonyl (C=O) groups is 1. The van der Waals surface area contributed by atoms with E-state index in [0.717, 1.165) is 17.3 Å². The molecule has 0 aliphatic heterocycles. The number of aromatic amines is 1. The summed E-state index contributed by atoms with van der Waals surface area (Å²) in [6.07, 6.45) is 0. The average molecular weight is 326 g/mol. The van der Waals surface area contributed by atoms with Gasteiger partial charge in [-0.3, -0.25) is 9.20 Å². The van der Waals surface area contributed by atoms with E-state index in [1.807, 2.05) is 18.2 Å². The fraction of sp³-hybridized carbons (Fsp3) is 0.188. The minimum atomic E-state index is -1.17. The number of nitrogens with zero attached hydrogens (tertiary/aromatic N) is 2. The largest absolute Gasteiger partial charge is 0.549 e. The molecule has 0 saturated heterocycles. The van der Waals surface area contributed by atoms with Crippen molar-refractivity contribution in [1.82, 2.24) is 9.38 Å². The van der Waals surface area contributed by atoms with Crippen LogP contribution in [0.25, 0.3) is 16.7 Å². The quantitative estimate of drug-likeness (QED) is 0.771. The zero-order valence-corrected chi connectivity index (χ0v) is 13.0. The maximum atomic E-state index is 12.4. The van der Waals surface area contributed by atoms with Gasteiger partial charge in [-0.1, -0.05) is 12.1 Å². The molecule has 3 rings (SSSR count). The van der Waals surface area contributed by atoms with Crippen LogP contribution in [0.5, 0.6) is 0 Å². The van der Waals surface area contributed by atoms with Crippen LogP contribution in [0.2, 0.25) is 0 Å². The second kappa shape index (κ2) is 5.82. The molecular formula is C16H12N3O3S-. The molecule has 1 N–H and O–H groups in total. The molecule has 0 fully saturated rings. The van der Waals surface area contributed by atoms with Crippen molar-refractivity contribution in [2.24, 2.45) is 0 Å². The molecule has 2 heterocycles. The summed E-state index contributed by atoms with van der Waals surface area (Å²) in [5.41, 5.74) is 2.49. The van der Waals surface area contributed by atoms with E-state index in [0.29, 0.717) is 22.3 Å². The summed E-state index contributed by atoms with van der Waals surface area (Å²) in [5, 5.41) is 19.6. The highest BCUT2D eigenvalue weighted by Crippen LogP contribution is 2.23. The maximum absolute atomic E-state index is 12.4. The van der Waals surface area contributed by atoms with Crippen molar-refractivity contribution in [2.45, 2.75) is 17.9 Å². The van der Waals surface area contributed by atoms with Crippen LogP contribution in [0.15, 0.2) is 35.1 Å². The molecule has 0 bridgehead atoms. The number of pyridine rings is 1. The second-order valence-corrected chi connectivity index (χ2v) is 6.42. The van der Waals surface area contributed by atoms with Crippen molar-refractivity contribution in [3.63, 3.8) is 0 Å². The first-order valence-electron chi connectivity index (χ1n) is 6.91. The first-order valence-corrected chi connectivity index (χ1v) is 7.95. The molecule has 0 aliphatic carbocycles. The summed E-state index contributed by atoms with van der Waals surface area (Å²) in [5.74, 6) is -0.920. The Morgan fingerprint density at radius 2 is 2.22 bits per heavy atom. The van der Waals surface area contributed by atoms with Crippen LogP contribution in [0.1, 0.15) is 18.1 Å². The summed E-state index contributed by atoms with van der Waals surface area (Å²) < 4.78 is 1.46. The molecule has 0 saturated carbocycles. The summed E-state index contributed by atoms with van der Waals surface area (Å²) in [6.45, 7) is 1.51. The van der Waals surface area contributed by atoms with Crippen LogP contribution in [-0.2, 0) is 10.5 Å². The molecule has 6 nitrogen and oxygen atoms in total. The van der Waals surface area contributed by atoms with Crippen LogP contribution in [-0.4, -0.2) is 20.6 Å². The Bertz CT molecular complexity index is 1010. The SMILES string of the molecule is C[C@@H](SCc1cc(=O)n2c([nH]c3ccccc32)c1C#N)C(=O)[O-]. The number of rotatable bonds is 4. The highest BCUT2D eigenvalue weighted by molar-refractivity contribution is 7.99. The van der Waals surface area contributed by atoms with Gasteiger partial charge in [0.1, 0.15) is 11.7 Å². The number of carboxylic acids is 1. The van der Waals surface area contributed by atoms with Gasteiger partial charge < -0.3 is 14.9 Å². The molecule has 1 atom stereocenters. The number of H-pyrrole nitrogens is 1. The maximum Gasteiger partial charge on any atom is 0.257 e. The number of nitriles is 1. The number of thioether (sulfide) groups is 1. The van der Waals surface area contributed by atoms with Gasteiger partial charge in [-0.2, -0.15) is 5.26 Å². The van der Waals surface area contributed by atoms with E-state index in [1.165, 1.54) is 17.4 Å². The Morgan fingerprint density at radius 1 is 1.48 bits per heavy atom. The van der Waals surface area contributed by atoms with Gasteiger partial charge in [-0.05, 0) is 24.6 Å². The number of carboxylic acid groups (broad SMARTS) is 1. The second-order valence-electron chi connectivity index (χ2n) is 5.09. The number of para-hydroxylation sites is 2. The molecule has 23 heavy (non-hydrogen) atoms. The average Bonchev–Trinajstić information content (AvgIpc) is 2.92. The predicted molar refractivity (Wildman–Crippen MR) is 86.0 cm³/mol. The molecule has 1 aromatic carbocycles. The Labute approximate surface area is 135 Å². The third kappa shape index (κ3) is 2.58. The van der Waals surface area contributed by atoms with Gasteiger partial charge in [0.15, 0.2) is 0 Å². The van der Waals surface area contributed by atoms with Gasteiger partial charge in [0.25, 0.3) is 5.56 Å². The number of benzene rings is 1. The number of hydrogen-bond donors (Lipinski definition) is 1.